The first-order valence-electron chi connectivity index (χ1n) is 9.66. The highest BCUT2D eigenvalue weighted by Gasteiger charge is 2.26. The van der Waals surface area contributed by atoms with Crippen molar-refractivity contribution in [1.82, 2.24) is 4.98 Å². The van der Waals surface area contributed by atoms with Gasteiger partial charge in [0.15, 0.2) is 0 Å². The second-order valence-corrected chi connectivity index (χ2v) is 9.82. The van der Waals surface area contributed by atoms with Gasteiger partial charge in [0.05, 0.1) is 21.7 Å². The maximum Gasteiger partial charge on any atom is 0.337 e. The fourth-order valence-electron chi connectivity index (χ4n) is 3.22. The Balaban J connectivity index is 2.20. The third kappa shape index (κ3) is 4.72. The molecule has 0 saturated carbocycles. The topological polar surface area (TPSA) is 74.0 Å². The van der Waals surface area contributed by atoms with Crippen LogP contribution in [0.4, 0.5) is 0 Å². The van der Waals surface area contributed by atoms with Crippen molar-refractivity contribution < 1.29 is 9.90 Å². The summed E-state index contributed by atoms with van der Waals surface area (Å²) in [5, 5.41) is 22.9. The predicted octanol–water partition coefficient (Wildman–Crippen LogP) is 6.80. The van der Waals surface area contributed by atoms with Crippen molar-refractivity contribution in [3.8, 4) is 27.8 Å². The molecule has 4 nitrogen and oxygen atoms in total. The minimum atomic E-state index is -1.08. The van der Waals surface area contributed by atoms with Gasteiger partial charge >= 0.3 is 5.97 Å². The lowest BCUT2D eigenvalue weighted by molar-refractivity contribution is 0.0695. The van der Waals surface area contributed by atoms with Crippen LogP contribution >= 0.6 is 34.9 Å². The molecule has 0 unspecified atom stereocenters. The van der Waals surface area contributed by atoms with E-state index in [4.69, 9.17) is 4.98 Å². The van der Waals surface area contributed by atoms with E-state index in [9.17, 15) is 15.2 Å². The number of thioether (sulfide) groups is 2. The summed E-state index contributed by atoms with van der Waals surface area (Å²) in [4.78, 5) is 18.0. The van der Waals surface area contributed by atoms with Crippen molar-refractivity contribution in [1.29, 1.82) is 5.26 Å². The zero-order chi connectivity index (χ0) is 21.5. The van der Waals surface area contributed by atoms with Crippen LogP contribution in [0.3, 0.4) is 0 Å². The van der Waals surface area contributed by atoms with Gasteiger partial charge in [0.2, 0.25) is 0 Å². The van der Waals surface area contributed by atoms with Crippen molar-refractivity contribution in [3.05, 3.63) is 58.5 Å². The number of aromatic nitrogens is 1. The summed E-state index contributed by atoms with van der Waals surface area (Å²) in [6.07, 6.45) is 1.56. The highest BCUT2D eigenvalue weighted by molar-refractivity contribution is 8.15. The van der Waals surface area contributed by atoms with Gasteiger partial charge in [-0.2, -0.15) is 17.0 Å². The van der Waals surface area contributed by atoms with Crippen LogP contribution in [-0.4, -0.2) is 26.9 Å². The molecule has 0 aliphatic rings. The number of pyridine rings is 1. The summed E-state index contributed by atoms with van der Waals surface area (Å²) in [6, 6.07) is 14.2. The van der Waals surface area contributed by atoms with Gasteiger partial charge < -0.3 is 5.11 Å². The van der Waals surface area contributed by atoms with Crippen molar-refractivity contribution >= 4 is 40.8 Å². The number of rotatable bonds is 9. The lowest BCUT2D eigenvalue weighted by Gasteiger charge is -2.16. The summed E-state index contributed by atoms with van der Waals surface area (Å²) in [6.45, 7) is 4.03. The lowest BCUT2D eigenvalue weighted by atomic mass is 9.96. The van der Waals surface area contributed by atoms with E-state index >= 15 is 0 Å². The maximum atomic E-state index is 12.2. The number of thiophene rings is 1. The predicted molar refractivity (Wildman–Crippen MR) is 128 cm³/mol. The third-order valence-electron chi connectivity index (χ3n) is 4.54. The first kappa shape index (κ1) is 22.4. The summed E-state index contributed by atoms with van der Waals surface area (Å²) in [5.74, 6) is -0.0585. The molecular weight excluding hydrogens is 432 g/mol. The number of hydrogen-bond acceptors (Lipinski definition) is 6. The molecule has 0 radical (unpaired) electrons. The second kappa shape index (κ2) is 10.7. The number of carboxylic acids is 1. The van der Waals surface area contributed by atoms with Crippen LogP contribution in [0.1, 0.15) is 41.8 Å². The monoisotopic (exact) mass is 454 g/mol. The fourth-order valence-corrected chi connectivity index (χ4v) is 6.14. The molecule has 2 heterocycles. The van der Waals surface area contributed by atoms with Crippen molar-refractivity contribution in [3.63, 3.8) is 0 Å². The Morgan fingerprint density at radius 1 is 1.23 bits per heavy atom. The molecule has 0 fully saturated rings. The maximum absolute atomic E-state index is 12.2. The van der Waals surface area contributed by atoms with E-state index in [1.54, 1.807) is 23.1 Å². The quantitative estimate of drug-likeness (QED) is 0.218. The molecular formula is C23H22N2O2S3. The Bertz CT molecular complexity index is 1070. The molecule has 0 aliphatic heterocycles. The summed E-state index contributed by atoms with van der Waals surface area (Å²) in [7, 11) is 0. The lowest BCUT2D eigenvalue weighted by Crippen LogP contribution is -2.10. The van der Waals surface area contributed by atoms with Gasteiger partial charge in [0.1, 0.15) is 11.1 Å². The van der Waals surface area contributed by atoms with E-state index in [1.807, 2.05) is 48.7 Å². The van der Waals surface area contributed by atoms with Crippen molar-refractivity contribution in [2.24, 2.45) is 0 Å². The Hall–Kier alpha value is -2.27. The average Bonchev–Trinajstić information content (AvgIpc) is 3.25. The van der Waals surface area contributed by atoms with E-state index in [0.717, 1.165) is 33.3 Å². The molecule has 3 rings (SSSR count). The van der Waals surface area contributed by atoms with E-state index in [2.05, 4.69) is 13.0 Å². The fraction of sp³-hybridized carbons (Fsp3) is 0.261. The van der Waals surface area contributed by atoms with Crippen LogP contribution < -0.4 is 0 Å². The van der Waals surface area contributed by atoms with Crippen LogP contribution in [0, 0.1) is 11.3 Å². The highest BCUT2D eigenvalue weighted by Crippen LogP contribution is 2.41. The van der Waals surface area contributed by atoms with E-state index < -0.39 is 5.97 Å². The summed E-state index contributed by atoms with van der Waals surface area (Å²) >= 11 is 4.76. The molecule has 3 aromatic rings. The molecule has 0 aliphatic carbocycles. The molecule has 0 bridgehead atoms. The number of benzene rings is 1. The van der Waals surface area contributed by atoms with Gasteiger partial charge in [0, 0.05) is 10.6 Å². The number of carbonyl (C=O) groups is 1. The van der Waals surface area contributed by atoms with Crippen LogP contribution in [0.5, 0.6) is 0 Å². The molecule has 154 valence electrons. The molecule has 7 heteroatoms. The van der Waals surface area contributed by atoms with E-state index in [1.165, 1.54) is 11.8 Å². The Morgan fingerprint density at radius 2 is 2.00 bits per heavy atom. The molecule has 1 aromatic carbocycles. The van der Waals surface area contributed by atoms with Crippen LogP contribution in [0.15, 0.2) is 46.8 Å². The Morgan fingerprint density at radius 3 is 2.63 bits per heavy atom. The second-order valence-electron chi connectivity index (χ2n) is 6.46. The summed E-state index contributed by atoms with van der Waals surface area (Å²) in [5.41, 5.74) is 3.63. The van der Waals surface area contributed by atoms with Gasteiger partial charge in [-0.1, -0.05) is 55.9 Å². The zero-order valence-corrected chi connectivity index (χ0v) is 19.3. The van der Waals surface area contributed by atoms with Gasteiger partial charge in [-0.3, -0.25) is 0 Å². The first-order chi connectivity index (χ1) is 14.6. The molecule has 0 atom stereocenters. The van der Waals surface area contributed by atoms with Crippen molar-refractivity contribution in [2.75, 3.05) is 10.8 Å². The van der Waals surface area contributed by atoms with Gasteiger partial charge in [-0.15, -0.1) is 11.3 Å². The van der Waals surface area contributed by atoms with Gasteiger partial charge in [0.25, 0.3) is 0 Å². The Labute approximate surface area is 189 Å². The number of nitriles is 1. The van der Waals surface area contributed by atoms with E-state index in [0.29, 0.717) is 22.7 Å². The largest absolute Gasteiger partial charge is 0.478 e. The third-order valence-corrected chi connectivity index (χ3v) is 7.86. The SMILES string of the molecule is CCCSCSc1nc(-c2sccc2-c2ccccc2)c(CC)c(C(=O)O)c1C#N. The Kier molecular flexibility index (Phi) is 7.97. The first-order valence-corrected chi connectivity index (χ1v) is 12.7. The van der Waals surface area contributed by atoms with E-state index in [-0.39, 0.29) is 11.1 Å². The van der Waals surface area contributed by atoms with Gasteiger partial charge in [-0.25, -0.2) is 9.78 Å². The number of hydrogen-bond donors (Lipinski definition) is 1. The minimum Gasteiger partial charge on any atom is -0.478 e. The zero-order valence-electron chi connectivity index (χ0n) is 16.8. The number of nitrogens with zero attached hydrogens (tertiary/aromatic N) is 2. The minimum absolute atomic E-state index is 0.0837. The molecule has 2 aromatic heterocycles. The molecule has 0 amide bonds. The van der Waals surface area contributed by atoms with Crippen LogP contribution in [0.25, 0.3) is 21.7 Å². The molecule has 1 N–H and O–H groups in total. The molecule has 0 saturated heterocycles. The molecule has 0 spiro atoms. The average molecular weight is 455 g/mol. The highest BCUT2D eigenvalue weighted by atomic mass is 32.2. The molecule has 30 heavy (non-hydrogen) atoms. The smallest absolute Gasteiger partial charge is 0.337 e. The van der Waals surface area contributed by atoms with Crippen LogP contribution in [-0.2, 0) is 6.42 Å². The van der Waals surface area contributed by atoms with Crippen molar-refractivity contribution in [2.45, 2.75) is 31.7 Å². The number of aromatic carboxylic acids is 1. The van der Waals surface area contributed by atoms with Crippen LogP contribution in [0.2, 0.25) is 0 Å². The summed E-state index contributed by atoms with van der Waals surface area (Å²) < 4.78 is 0. The van der Waals surface area contributed by atoms with Gasteiger partial charge in [-0.05, 0) is 41.2 Å². The normalized spacial score (nSPS) is 10.7. The number of carboxylic acid groups (broad SMARTS) is 1. The standard InChI is InChI=1S/C23H22N2O2S3/c1-3-11-28-14-30-22-18(13-24)19(23(26)27)16(4-2)20(25-22)21-17(10-12-29-21)15-8-6-5-7-9-15/h5-10,12H,3-4,11,14H2,1-2H3,(H,26,27).